The fourth-order valence-corrected chi connectivity index (χ4v) is 3.27. The molecule has 160 valence electrons. The van der Waals surface area contributed by atoms with Crippen LogP contribution in [0.15, 0.2) is 128 Å². The zero-order valence-electron chi connectivity index (χ0n) is 18.7. The van der Waals surface area contributed by atoms with E-state index in [-0.39, 0.29) is 29.6 Å². The molecule has 4 aromatic rings. The fraction of sp³-hybridized carbons (Fsp3) is 0.0370. The van der Waals surface area contributed by atoms with Crippen LogP contribution in [0.2, 0.25) is 0 Å². The second kappa shape index (κ2) is 12.2. The third-order valence-corrected chi connectivity index (χ3v) is 4.76. The van der Waals surface area contributed by atoms with Crippen molar-refractivity contribution in [3.05, 3.63) is 128 Å². The summed E-state index contributed by atoms with van der Waals surface area (Å²) in [5.74, 6) is 2.61. The van der Waals surface area contributed by atoms with E-state index in [0.717, 1.165) is 11.2 Å². The van der Waals surface area contributed by atoms with Gasteiger partial charge in [0.05, 0.1) is 17.2 Å². The van der Waals surface area contributed by atoms with Gasteiger partial charge in [-0.15, -0.1) is 0 Å². The van der Waals surface area contributed by atoms with Gasteiger partial charge in [0, 0.05) is 0 Å². The van der Waals surface area contributed by atoms with Gasteiger partial charge < -0.3 is 18.7 Å². The second-order valence-corrected chi connectivity index (χ2v) is 7.10. The van der Waals surface area contributed by atoms with Gasteiger partial charge in [0.25, 0.3) is 0 Å². The Hall–Kier alpha value is -3.12. The molecule has 0 aliphatic heterocycles. The molecule has 0 N–H and O–H groups in total. The Kier molecular flexibility index (Phi) is 9.08. The van der Waals surface area contributed by atoms with Crippen molar-refractivity contribution in [1.82, 2.24) is 0 Å². The Bertz CT molecular complexity index is 1010. The molecule has 4 nitrogen and oxygen atoms in total. The molecular formula is C27H24BNaO4. The minimum Gasteiger partial charge on any atom is -0.645 e. The molecule has 0 amide bonds. The minimum atomic E-state index is -2.46. The largest absolute Gasteiger partial charge is 1.00 e. The maximum absolute atomic E-state index is 6.48. The summed E-state index contributed by atoms with van der Waals surface area (Å²) in [5, 5.41) is 0. The first-order chi connectivity index (χ1) is 15.8. The predicted molar refractivity (Wildman–Crippen MR) is 129 cm³/mol. The van der Waals surface area contributed by atoms with Crippen LogP contribution in [-0.2, 0) is 0 Å². The molecule has 0 unspecified atom stereocenters. The van der Waals surface area contributed by atoms with Gasteiger partial charge in [-0.2, -0.15) is 0 Å². The van der Waals surface area contributed by atoms with E-state index >= 15 is 0 Å². The number of benzene rings is 4. The molecule has 0 heterocycles. The summed E-state index contributed by atoms with van der Waals surface area (Å²) in [4.78, 5) is 0. The number of hydrogen-bond donors (Lipinski definition) is 0. The Morgan fingerprint density at radius 2 is 0.939 bits per heavy atom. The van der Waals surface area contributed by atoms with Crippen molar-refractivity contribution < 1.29 is 48.3 Å². The molecule has 0 spiro atoms. The molecule has 0 aliphatic rings. The standard InChI is InChI=1S/C27H24BO4.Na/c1-2-22-29-24-20-18-23(19-21-24)28(30-25-12-6-3-7-13-25,31-26-14-8-4-9-15-26)32-27-16-10-5-11-17-27;/h2-21H,1,22H2;/q-1;+1. The topological polar surface area (TPSA) is 36.9 Å². The first-order valence-electron chi connectivity index (χ1n) is 10.5. The molecule has 33 heavy (non-hydrogen) atoms. The number of ether oxygens (including phenoxy) is 1. The van der Waals surface area contributed by atoms with E-state index in [1.54, 1.807) is 6.08 Å². The van der Waals surface area contributed by atoms with Crippen LogP contribution in [0.1, 0.15) is 0 Å². The second-order valence-electron chi connectivity index (χ2n) is 7.10. The smallest absolute Gasteiger partial charge is 0.645 e. The molecule has 0 aromatic heterocycles. The van der Waals surface area contributed by atoms with E-state index in [0.29, 0.717) is 23.9 Å². The molecule has 0 fully saturated rings. The van der Waals surface area contributed by atoms with Gasteiger partial charge in [-0.05, 0) is 48.5 Å². The van der Waals surface area contributed by atoms with Gasteiger partial charge in [-0.1, -0.05) is 84.8 Å². The zero-order chi connectivity index (χ0) is 22.1. The van der Waals surface area contributed by atoms with E-state index in [1.807, 2.05) is 115 Å². The predicted octanol–water partition coefficient (Wildman–Crippen LogP) is 2.64. The van der Waals surface area contributed by atoms with Gasteiger partial charge in [0.15, 0.2) is 0 Å². The van der Waals surface area contributed by atoms with Crippen molar-refractivity contribution in [1.29, 1.82) is 0 Å². The van der Waals surface area contributed by atoms with Crippen molar-refractivity contribution in [2.45, 2.75) is 0 Å². The van der Waals surface area contributed by atoms with Gasteiger partial charge in [-0.3, -0.25) is 0 Å². The van der Waals surface area contributed by atoms with Gasteiger partial charge >= 0.3 is 36.3 Å². The van der Waals surface area contributed by atoms with E-state index in [1.165, 1.54) is 0 Å². The van der Waals surface area contributed by atoms with Crippen molar-refractivity contribution in [2.75, 3.05) is 6.61 Å². The van der Waals surface area contributed by atoms with Crippen LogP contribution in [0, 0.1) is 0 Å². The summed E-state index contributed by atoms with van der Waals surface area (Å²) in [5.41, 5.74) is 0.729. The number of hydrogen-bond acceptors (Lipinski definition) is 4. The SMILES string of the molecule is C=CCOc1ccc([B-](Oc2ccccc2)(Oc2ccccc2)Oc2ccccc2)cc1.[Na+]. The molecular weight excluding hydrogens is 422 g/mol. The average molecular weight is 446 g/mol. The summed E-state index contributed by atoms with van der Waals surface area (Å²) in [7, 11) is 0. The average Bonchev–Trinajstić information content (AvgIpc) is 2.85. The normalized spacial score (nSPS) is 10.4. The molecule has 0 atom stereocenters. The number of para-hydroxylation sites is 3. The summed E-state index contributed by atoms with van der Waals surface area (Å²) in [6.45, 7) is 1.66. The summed E-state index contributed by atoms with van der Waals surface area (Å²) in [6, 6.07) is 36.0. The maximum Gasteiger partial charge on any atom is 1.00 e. The van der Waals surface area contributed by atoms with E-state index in [9.17, 15) is 0 Å². The first-order valence-corrected chi connectivity index (χ1v) is 10.5. The van der Waals surface area contributed by atoms with Crippen LogP contribution in [-0.4, -0.2) is 13.4 Å². The molecule has 0 bridgehead atoms. The molecule has 0 radical (unpaired) electrons. The van der Waals surface area contributed by atoms with Crippen LogP contribution in [0.4, 0.5) is 0 Å². The van der Waals surface area contributed by atoms with Crippen LogP contribution >= 0.6 is 0 Å². The van der Waals surface area contributed by atoms with E-state index < -0.39 is 6.75 Å². The quantitative estimate of drug-likeness (QED) is 0.277. The summed E-state index contributed by atoms with van der Waals surface area (Å²) < 4.78 is 25.1. The Morgan fingerprint density at radius 3 is 1.30 bits per heavy atom. The fourth-order valence-electron chi connectivity index (χ4n) is 3.27. The van der Waals surface area contributed by atoms with Gasteiger partial charge in [-0.25, -0.2) is 0 Å². The van der Waals surface area contributed by atoms with Gasteiger partial charge in [0.1, 0.15) is 12.4 Å². The third kappa shape index (κ3) is 6.68. The molecule has 0 aliphatic carbocycles. The molecule has 4 rings (SSSR count). The maximum atomic E-state index is 6.48. The Morgan fingerprint density at radius 1 is 0.545 bits per heavy atom. The zero-order valence-corrected chi connectivity index (χ0v) is 20.7. The molecule has 4 aromatic carbocycles. The van der Waals surface area contributed by atoms with Crippen molar-refractivity contribution in [3.63, 3.8) is 0 Å². The molecule has 0 saturated heterocycles. The van der Waals surface area contributed by atoms with Crippen molar-refractivity contribution in [3.8, 4) is 23.0 Å². The van der Waals surface area contributed by atoms with Crippen LogP contribution in [0.3, 0.4) is 0 Å². The van der Waals surface area contributed by atoms with Gasteiger partial charge in [0.2, 0.25) is 0 Å². The minimum absolute atomic E-state index is 0. The van der Waals surface area contributed by atoms with E-state index in [2.05, 4.69) is 6.58 Å². The van der Waals surface area contributed by atoms with E-state index in [4.69, 9.17) is 18.7 Å². The number of rotatable bonds is 10. The first kappa shape index (κ1) is 24.5. The molecule has 6 heteroatoms. The van der Waals surface area contributed by atoms with Crippen molar-refractivity contribution in [2.24, 2.45) is 0 Å². The van der Waals surface area contributed by atoms with Crippen LogP contribution in [0.25, 0.3) is 0 Å². The Balaban J connectivity index is 0.00000306. The Labute approximate surface area is 217 Å². The van der Waals surface area contributed by atoms with Crippen molar-refractivity contribution >= 4 is 12.2 Å². The summed E-state index contributed by atoms with van der Waals surface area (Å²) in [6.07, 6.45) is 1.71. The monoisotopic (exact) mass is 446 g/mol. The van der Waals surface area contributed by atoms with Crippen LogP contribution in [0.5, 0.6) is 23.0 Å². The molecule has 0 saturated carbocycles. The third-order valence-electron chi connectivity index (χ3n) is 4.76. The summed E-state index contributed by atoms with van der Waals surface area (Å²) >= 11 is 0. The van der Waals surface area contributed by atoms with Crippen LogP contribution < -0.4 is 53.7 Å².